The lowest BCUT2D eigenvalue weighted by atomic mass is 10.1. The van der Waals surface area contributed by atoms with Crippen molar-refractivity contribution in [3.8, 4) is 10.4 Å². The average molecular weight is 508 g/mol. The lowest BCUT2D eigenvalue weighted by molar-refractivity contribution is 0.0528. The summed E-state index contributed by atoms with van der Waals surface area (Å²) < 4.78 is 11.0. The third kappa shape index (κ3) is 4.70. The van der Waals surface area contributed by atoms with Crippen LogP contribution in [-0.2, 0) is 4.74 Å². The molecule has 0 radical (unpaired) electrons. The molecule has 0 aliphatic rings. The van der Waals surface area contributed by atoms with E-state index in [4.69, 9.17) is 9.48 Å². The van der Waals surface area contributed by atoms with Crippen molar-refractivity contribution in [3.05, 3.63) is 133 Å². The predicted octanol–water partition coefficient (Wildman–Crippen LogP) is 7.40. The standard InChI is InChI=1S/C31H26NO2PS/c1-2-34-31(33)28-23-29(24-15-7-3-8-16-24)36-30(28)32-35(25-17-9-4-10-18-25,26-19-11-5-12-20-26)27-21-13-6-14-22-27/h3-23H,2H2,1H3. The van der Waals surface area contributed by atoms with E-state index in [-0.39, 0.29) is 5.97 Å². The Morgan fingerprint density at radius 1 is 0.722 bits per heavy atom. The molecule has 0 bridgehead atoms. The highest BCUT2D eigenvalue weighted by Crippen LogP contribution is 2.52. The summed E-state index contributed by atoms with van der Waals surface area (Å²) in [5.41, 5.74) is 1.56. The number of hydrogen-bond acceptors (Lipinski definition) is 4. The van der Waals surface area contributed by atoms with Crippen LogP contribution in [0, 0.1) is 0 Å². The van der Waals surface area contributed by atoms with Crippen molar-refractivity contribution in [1.29, 1.82) is 0 Å². The molecule has 5 heteroatoms. The van der Waals surface area contributed by atoms with Gasteiger partial charge in [0.1, 0.15) is 5.00 Å². The molecule has 1 heterocycles. The number of rotatable bonds is 7. The lowest BCUT2D eigenvalue weighted by Gasteiger charge is -2.26. The van der Waals surface area contributed by atoms with Gasteiger partial charge in [-0.15, -0.1) is 11.3 Å². The predicted molar refractivity (Wildman–Crippen MR) is 153 cm³/mol. The van der Waals surface area contributed by atoms with E-state index in [9.17, 15) is 4.79 Å². The smallest absolute Gasteiger partial charge is 0.341 e. The van der Waals surface area contributed by atoms with Crippen molar-refractivity contribution in [1.82, 2.24) is 0 Å². The SMILES string of the molecule is CCOC(=O)c1cc(-c2ccccc2)sc1N=P(c1ccccc1)(c1ccccc1)c1ccccc1. The van der Waals surface area contributed by atoms with E-state index < -0.39 is 7.05 Å². The molecule has 0 saturated heterocycles. The molecule has 36 heavy (non-hydrogen) atoms. The fourth-order valence-electron chi connectivity index (χ4n) is 4.24. The van der Waals surface area contributed by atoms with Crippen molar-refractivity contribution in [2.45, 2.75) is 6.92 Å². The van der Waals surface area contributed by atoms with Gasteiger partial charge in [0.2, 0.25) is 0 Å². The normalized spacial score (nSPS) is 11.1. The van der Waals surface area contributed by atoms with Gasteiger partial charge < -0.3 is 4.74 Å². The van der Waals surface area contributed by atoms with Crippen LogP contribution in [0.2, 0.25) is 0 Å². The summed E-state index contributed by atoms with van der Waals surface area (Å²) in [5, 5.41) is 4.09. The number of ether oxygens (including phenoxy) is 1. The largest absolute Gasteiger partial charge is 0.462 e. The summed E-state index contributed by atoms with van der Waals surface area (Å²) in [7, 11) is -2.51. The van der Waals surface area contributed by atoms with Gasteiger partial charge in [-0.05, 0) is 18.6 Å². The van der Waals surface area contributed by atoms with Crippen molar-refractivity contribution in [3.63, 3.8) is 0 Å². The summed E-state index contributed by atoms with van der Waals surface area (Å²) in [5.74, 6) is -0.345. The molecule has 5 rings (SSSR count). The van der Waals surface area contributed by atoms with Gasteiger partial charge in [-0.2, -0.15) is 0 Å². The molecule has 0 amide bonds. The first-order chi connectivity index (χ1) is 17.7. The maximum atomic E-state index is 13.1. The van der Waals surface area contributed by atoms with Crippen LogP contribution in [0.3, 0.4) is 0 Å². The monoisotopic (exact) mass is 507 g/mol. The minimum atomic E-state index is -2.51. The van der Waals surface area contributed by atoms with Crippen molar-refractivity contribution in [2.75, 3.05) is 6.61 Å². The zero-order chi connectivity index (χ0) is 24.8. The first-order valence-corrected chi connectivity index (χ1v) is 14.4. The molecule has 4 aromatic carbocycles. The Balaban J connectivity index is 1.87. The second-order valence-corrected chi connectivity index (χ2v) is 12.2. The van der Waals surface area contributed by atoms with Crippen LogP contribution in [-0.4, -0.2) is 12.6 Å². The fraction of sp³-hybridized carbons (Fsp3) is 0.0645. The Bertz CT molecular complexity index is 1390. The highest BCUT2D eigenvalue weighted by atomic mass is 32.1. The zero-order valence-corrected chi connectivity index (χ0v) is 21.7. The fourth-order valence-corrected chi connectivity index (χ4v) is 9.10. The molecule has 0 spiro atoms. The van der Waals surface area contributed by atoms with Crippen LogP contribution in [0.15, 0.2) is 132 Å². The lowest BCUT2D eigenvalue weighted by Crippen LogP contribution is -2.25. The third-order valence-corrected chi connectivity index (χ3v) is 10.7. The van der Waals surface area contributed by atoms with Gasteiger partial charge >= 0.3 is 5.97 Å². The van der Waals surface area contributed by atoms with Crippen molar-refractivity contribution in [2.24, 2.45) is 4.74 Å². The Morgan fingerprint density at radius 3 is 1.61 bits per heavy atom. The van der Waals surface area contributed by atoms with Crippen LogP contribution in [0.4, 0.5) is 5.00 Å². The molecule has 0 saturated carbocycles. The second kappa shape index (κ2) is 10.9. The molecule has 0 N–H and O–H groups in total. The number of nitrogens with zero attached hydrogens (tertiary/aromatic N) is 1. The summed E-state index contributed by atoms with van der Waals surface area (Å²) >= 11 is 1.54. The molecule has 0 fully saturated rings. The third-order valence-electron chi connectivity index (χ3n) is 5.90. The number of carbonyl (C=O) groups excluding carboxylic acids is 1. The van der Waals surface area contributed by atoms with Crippen molar-refractivity contribution < 1.29 is 9.53 Å². The molecule has 0 unspecified atom stereocenters. The quantitative estimate of drug-likeness (QED) is 0.170. The number of carbonyl (C=O) groups is 1. The van der Waals surface area contributed by atoms with Crippen LogP contribution < -0.4 is 15.9 Å². The van der Waals surface area contributed by atoms with E-state index in [1.165, 1.54) is 11.3 Å². The Kier molecular flexibility index (Phi) is 7.27. The number of benzene rings is 4. The maximum Gasteiger partial charge on any atom is 0.341 e. The van der Waals surface area contributed by atoms with Gasteiger partial charge in [-0.1, -0.05) is 121 Å². The number of thiophene rings is 1. The molecule has 0 atom stereocenters. The Hall–Kier alpha value is -3.72. The van der Waals surface area contributed by atoms with Gasteiger partial charge in [-0.3, -0.25) is 0 Å². The summed E-state index contributed by atoms with van der Waals surface area (Å²) in [6.45, 7) is 2.14. The Morgan fingerprint density at radius 2 is 1.17 bits per heavy atom. The highest BCUT2D eigenvalue weighted by molar-refractivity contribution is 7.87. The Labute approximate surface area is 216 Å². The summed E-state index contributed by atoms with van der Waals surface area (Å²) in [6.07, 6.45) is 0. The maximum absolute atomic E-state index is 13.1. The molecule has 3 nitrogen and oxygen atoms in total. The van der Waals surface area contributed by atoms with E-state index in [0.717, 1.165) is 26.4 Å². The first-order valence-electron chi connectivity index (χ1n) is 11.9. The molecular weight excluding hydrogens is 481 g/mol. The van der Waals surface area contributed by atoms with E-state index >= 15 is 0 Å². The zero-order valence-electron chi connectivity index (χ0n) is 20.0. The first kappa shape index (κ1) is 24.0. The summed E-state index contributed by atoms with van der Waals surface area (Å²) in [4.78, 5) is 14.1. The number of hydrogen-bond donors (Lipinski definition) is 0. The van der Waals surface area contributed by atoms with Crippen LogP contribution in [0.1, 0.15) is 17.3 Å². The molecule has 0 aliphatic heterocycles. The van der Waals surface area contributed by atoms with Gasteiger partial charge in [-0.25, -0.2) is 9.54 Å². The summed E-state index contributed by atoms with van der Waals surface area (Å²) in [6, 6.07) is 43.3. The highest BCUT2D eigenvalue weighted by Gasteiger charge is 2.29. The molecular formula is C31H26NO2PS. The topological polar surface area (TPSA) is 38.7 Å². The van der Waals surface area contributed by atoms with E-state index in [1.807, 2.05) is 49.4 Å². The van der Waals surface area contributed by atoms with E-state index in [1.54, 1.807) is 0 Å². The molecule has 0 aliphatic carbocycles. The minimum absolute atomic E-state index is 0.311. The van der Waals surface area contributed by atoms with Gasteiger partial charge in [0.25, 0.3) is 0 Å². The molecule has 5 aromatic rings. The number of esters is 1. The van der Waals surface area contributed by atoms with Gasteiger partial charge in [0.15, 0.2) is 0 Å². The van der Waals surface area contributed by atoms with Gasteiger partial charge in [0, 0.05) is 20.8 Å². The second-order valence-electron chi connectivity index (χ2n) is 8.16. The molecule has 178 valence electrons. The van der Waals surface area contributed by atoms with Crippen LogP contribution in [0.5, 0.6) is 0 Å². The average Bonchev–Trinajstić information content (AvgIpc) is 3.38. The van der Waals surface area contributed by atoms with Crippen molar-refractivity contribution >= 4 is 45.3 Å². The molecule has 1 aromatic heterocycles. The van der Waals surface area contributed by atoms with Crippen LogP contribution >= 0.6 is 18.4 Å². The van der Waals surface area contributed by atoms with Gasteiger partial charge in [0.05, 0.1) is 19.2 Å². The minimum Gasteiger partial charge on any atom is -0.462 e. The van der Waals surface area contributed by atoms with E-state index in [2.05, 4.69) is 84.9 Å². The van der Waals surface area contributed by atoms with E-state index in [0.29, 0.717) is 17.2 Å². The van der Waals surface area contributed by atoms with Crippen LogP contribution in [0.25, 0.3) is 10.4 Å².